The first-order chi connectivity index (χ1) is 9.19. The van der Waals surface area contributed by atoms with Crippen LogP contribution in [0.25, 0.3) is 0 Å². The second-order valence-electron chi connectivity index (χ2n) is 5.18. The first-order valence-corrected chi connectivity index (χ1v) is 7.70. The number of rotatable bonds is 4. The Balaban J connectivity index is 1.88. The van der Waals surface area contributed by atoms with E-state index in [1.165, 1.54) is 12.8 Å². The smallest absolute Gasteiger partial charge is 0.224 e. The molecule has 0 bridgehead atoms. The maximum atomic E-state index is 12.0. The van der Waals surface area contributed by atoms with Crippen molar-refractivity contribution in [2.24, 2.45) is 5.92 Å². The maximum absolute atomic E-state index is 12.0. The van der Waals surface area contributed by atoms with E-state index in [4.69, 9.17) is 23.2 Å². The van der Waals surface area contributed by atoms with E-state index in [1.807, 2.05) is 24.3 Å². The lowest BCUT2D eigenvalue weighted by Crippen LogP contribution is -2.43. The van der Waals surface area contributed by atoms with Gasteiger partial charge >= 0.3 is 0 Å². The molecule has 1 saturated carbocycles. The van der Waals surface area contributed by atoms with E-state index in [9.17, 15) is 4.79 Å². The van der Waals surface area contributed by atoms with Crippen LogP contribution in [0.2, 0.25) is 5.02 Å². The molecule has 0 radical (unpaired) electrons. The minimum Gasteiger partial charge on any atom is -0.353 e. The molecule has 104 valence electrons. The summed E-state index contributed by atoms with van der Waals surface area (Å²) in [6.45, 7) is 0. The fourth-order valence-corrected chi connectivity index (χ4v) is 3.12. The largest absolute Gasteiger partial charge is 0.353 e. The van der Waals surface area contributed by atoms with Gasteiger partial charge in [-0.1, -0.05) is 36.6 Å². The zero-order chi connectivity index (χ0) is 13.7. The second kappa shape index (κ2) is 7.16. The van der Waals surface area contributed by atoms with Gasteiger partial charge in [-0.25, -0.2) is 0 Å². The summed E-state index contributed by atoms with van der Waals surface area (Å²) in [6, 6.07) is 7.65. The van der Waals surface area contributed by atoms with Gasteiger partial charge in [-0.05, 0) is 36.5 Å². The van der Waals surface area contributed by atoms with Gasteiger partial charge in [-0.2, -0.15) is 0 Å². The Morgan fingerprint density at radius 1 is 1.21 bits per heavy atom. The van der Waals surface area contributed by atoms with Crippen molar-refractivity contribution in [3.05, 3.63) is 34.9 Å². The number of alkyl halides is 1. The summed E-state index contributed by atoms with van der Waals surface area (Å²) in [5, 5.41) is 3.82. The van der Waals surface area contributed by atoms with Gasteiger partial charge in [0.1, 0.15) is 0 Å². The summed E-state index contributed by atoms with van der Waals surface area (Å²) >= 11 is 11.8. The van der Waals surface area contributed by atoms with Crippen LogP contribution in [0.4, 0.5) is 0 Å². The molecule has 0 aliphatic heterocycles. The van der Waals surface area contributed by atoms with Crippen LogP contribution in [-0.2, 0) is 11.2 Å². The number of carbonyl (C=O) groups excluding carboxylic acids is 1. The Bertz CT molecular complexity index is 419. The van der Waals surface area contributed by atoms with Crippen LogP contribution < -0.4 is 5.32 Å². The highest BCUT2D eigenvalue weighted by atomic mass is 35.5. The highest BCUT2D eigenvalue weighted by Gasteiger charge is 2.25. The number of benzene rings is 1. The van der Waals surface area contributed by atoms with E-state index < -0.39 is 0 Å². The monoisotopic (exact) mass is 299 g/mol. The number of nitrogens with one attached hydrogen (secondary N) is 1. The molecule has 2 rings (SSSR count). The van der Waals surface area contributed by atoms with E-state index >= 15 is 0 Å². The third-order valence-corrected chi connectivity index (χ3v) is 4.38. The second-order valence-corrected chi connectivity index (χ2v) is 5.92. The Kier molecular flexibility index (Phi) is 5.53. The van der Waals surface area contributed by atoms with Crippen LogP contribution in [0, 0.1) is 5.92 Å². The molecule has 0 spiro atoms. The highest BCUT2D eigenvalue weighted by Crippen LogP contribution is 2.25. The van der Waals surface area contributed by atoms with Crippen molar-refractivity contribution in [3.63, 3.8) is 0 Å². The summed E-state index contributed by atoms with van der Waals surface area (Å²) in [7, 11) is 0. The zero-order valence-corrected chi connectivity index (χ0v) is 12.4. The van der Waals surface area contributed by atoms with Crippen LogP contribution >= 0.6 is 23.2 Å². The third-order valence-electron chi connectivity index (χ3n) is 3.73. The van der Waals surface area contributed by atoms with Gasteiger partial charge in [-0.15, -0.1) is 11.6 Å². The van der Waals surface area contributed by atoms with E-state index in [-0.39, 0.29) is 11.9 Å². The van der Waals surface area contributed by atoms with E-state index in [0.717, 1.165) is 18.4 Å². The minimum atomic E-state index is 0.0735. The molecule has 2 atom stereocenters. The van der Waals surface area contributed by atoms with Crippen molar-refractivity contribution in [3.8, 4) is 0 Å². The Morgan fingerprint density at radius 2 is 1.89 bits per heavy atom. The fraction of sp³-hybridized carbons (Fsp3) is 0.533. The molecule has 1 aliphatic rings. The molecule has 2 nitrogen and oxygen atoms in total. The lowest BCUT2D eigenvalue weighted by Gasteiger charge is -2.30. The molecule has 1 fully saturated rings. The standard InChI is InChI=1S/C15H19Cl2NO/c16-10-12-3-1-2-4-14(12)18-15(19)9-11-5-7-13(17)8-6-11/h5-8,12,14H,1-4,9-10H2,(H,18,19). The summed E-state index contributed by atoms with van der Waals surface area (Å²) in [5.74, 6) is 1.13. The molecule has 4 heteroatoms. The predicted molar refractivity (Wildman–Crippen MR) is 79.8 cm³/mol. The van der Waals surface area contributed by atoms with Gasteiger partial charge < -0.3 is 5.32 Å². The molecule has 1 aliphatic carbocycles. The van der Waals surface area contributed by atoms with E-state index in [0.29, 0.717) is 23.2 Å². The lowest BCUT2D eigenvalue weighted by atomic mass is 9.85. The minimum absolute atomic E-state index is 0.0735. The van der Waals surface area contributed by atoms with Crippen molar-refractivity contribution in [2.45, 2.75) is 38.1 Å². The molecular formula is C15H19Cl2NO. The quantitative estimate of drug-likeness (QED) is 0.842. The summed E-state index contributed by atoms with van der Waals surface area (Å²) in [4.78, 5) is 12.0. The van der Waals surface area contributed by atoms with Gasteiger partial charge in [0.15, 0.2) is 0 Å². The number of carbonyl (C=O) groups is 1. The highest BCUT2D eigenvalue weighted by molar-refractivity contribution is 6.30. The number of hydrogen-bond donors (Lipinski definition) is 1. The first kappa shape index (κ1) is 14.7. The summed E-state index contributed by atoms with van der Waals surface area (Å²) in [5.41, 5.74) is 0.986. The van der Waals surface area contributed by atoms with Gasteiger partial charge in [0, 0.05) is 16.9 Å². The molecule has 1 amide bonds. The Morgan fingerprint density at radius 3 is 2.58 bits per heavy atom. The van der Waals surface area contributed by atoms with Crippen molar-refractivity contribution < 1.29 is 4.79 Å². The SMILES string of the molecule is O=C(Cc1ccc(Cl)cc1)NC1CCCCC1CCl. The normalized spacial score (nSPS) is 23.1. The van der Waals surface area contributed by atoms with Gasteiger partial charge in [0.05, 0.1) is 6.42 Å². The summed E-state index contributed by atoms with van der Waals surface area (Å²) in [6.07, 6.45) is 4.97. The number of amides is 1. The van der Waals surface area contributed by atoms with Gasteiger partial charge in [0.2, 0.25) is 5.91 Å². The molecule has 1 aromatic rings. The average molecular weight is 300 g/mol. The van der Waals surface area contributed by atoms with Gasteiger partial charge in [-0.3, -0.25) is 4.79 Å². The van der Waals surface area contributed by atoms with Crippen molar-refractivity contribution in [1.82, 2.24) is 5.32 Å². The average Bonchev–Trinajstić information content (AvgIpc) is 2.42. The van der Waals surface area contributed by atoms with Crippen LogP contribution in [-0.4, -0.2) is 17.8 Å². The molecule has 0 aromatic heterocycles. The topological polar surface area (TPSA) is 29.1 Å². The zero-order valence-electron chi connectivity index (χ0n) is 10.9. The van der Waals surface area contributed by atoms with Crippen molar-refractivity contribution >= 4 is 29.1 Å². The van der Waals surface area contributed by atoms with Crippen molar-refractivity contribution in [1.29, 1.82) is 0 Å². The Hall–Kier alpha value is -0.730. The molecule has 2 unspecified atom stereocenters. The van der Waals surface area contributed by atoms with Crippen LogP contribution in [0.15, 0.2) is 24.3 Å². The van der Waals surface area contributed by atoms with E-state index in [1.54, 1.807) is 0 Å². The molecule has 1 aromatic carbocycles. The fourth-order valence-electron chi connectivity index (χ4n) is 2.63. The molecule has 19 heavy (non-hydrogen) atoms. The number of hydrogen-bond acceptors (Lipinski definition) is 1. The molecule has 0 heterocycles. The van der Waals surface area contributed by atoms with E-state index in [2.05, 4.69) is 5.32 Å². The van der Waals surface area contributed by atoms with Crippen LogP contribution in [0.1, 0.15) is 31.2 Å². The first-order valence-electron chi connectivity index (χ1n) is 6.79. The number of halogens is 2. The third kappa shape index (κ3) is 4.39. The van der Waals surface area contributed by atoms with Crippen LogP contribution in [0.3, 0.4) is 0 Å². The lowest BCUT2D eigenvalue weighted by molar-refractivity contribution is -0.121. The van der Waals surface area contributed by atoms with Crippen molar-refractivity contribution in [2.75, 3.05) is 5.88 Å². The van der Waals surface area contributed by atoms with Gasteiger partial charge in [0.25, 0.3) is 0 Å². The Labute approximate surface area is 124 Å². The molecular weight excluding hydrogens is 281 g/mol. The predicted octanol–water partition coefficient (Wildman–Crippen LogP) is 3.80. The van der Waals surface area contributed by atoms with Crippen LogP contribution in [0.5, 0.6) is 0 Å². The maximum Gasteiger partial charge on any atom is 0.224 e. The summed E-state index contributed by atoms with van der Waals surface area (Å²) < 4.78 is 0. The molecule has 1 N–H and O–H groups in total. The molecule has 0 saturated heterocycles.